The summed E-state index contributed by atoms with van der Waals surface area (Å²) in [4.78, 5) is 10.8. The van der Waals surface area contributed by atoms with Gasteiger partial charge >= 0.3 is 0 Å². The summed E-state index contributed by atoms with van der Waals surface area (Å²) < 4.78 is 4.69. The van der Waals surface area contributed by atoms with Crippen molar-refractivity contribution in [3.63, 3.8) is 0 Å². The van der Waals surface area contributed by atoms with E-state index in [1.54, 1.807) is 6.92 Å². The van der Waals surface area contributed by atoms with Gasteiger partial charge in [0.05, 0.1) is 12.7 Å². The fraction of sp³-hybridized carbons (Fsp3) is 0.500. The van der Waals surface area contributed by atoms with Crippen LogP contribution in [0.1, 0.15) is 6.92 Å². The van der Waals surface area contributed by atoms with Crippen molar-refractivity contribution in [2.45, 2.75) is 13.0 Å². The van der Waals surface area contributed by atoms with Crippen LogP contribution in [0.5, 0.6) is 0 Å². The molecular weight excluding hydrogens is 156 g/mol. The van der Waals surface area contributed by atoms with Gasteiger partial charge in [-0.3, -0.25) is 4.79 Å². The standard InChI is InChI=1S/C8H10N2O2/c1-3-4-8(11)10-7(5-9)6-12-2/h7H,6H2,1-2H3,(H,10,11). The van der Waals surface area contributed by atoms with E-state index in [4.69, 9.17) is 5.26 Å². The highest BCUT2D eigenvalue weighted by molar-refractivity contribution is 5.93. The van der Waals surface area contributed by atoms with Gasteiger partial charge in [0, 0.05) is 7.11 Å². The molecule has 0 spiro atoms. The van der Waals surface area contributed by atoms with Crippen LogP contribution < -0.4 is 5.32 Å². The monoisotopic (exact) mass is 166 g/mol. The van der Waals surface area contributed by atoms with Gasteiger partial charge in [0.1, 0.15) is 6.04 Å². The number of hydrogen-bond donors (Lipinski definition) is 1. The second kappa shape index (κ2) is 6.21. The van der Waals surface area contributed by atoms with E-state index in [0.717, 1.165) is 0 Å². The lowest BCUT2D eigenvalue weighted by Gasteiger charge is -2.06. The Labute approximate surface area is 71.5 Å². The molecule has 0 aromatic heterocycles. The molecule has 12 heavy (non-hydrogen) atoms. The Morgan fingerprint density at radius 3 is 2.83 bits per heavy atom. The summed E-state index contributed by atoms with van der Waals surface area (Å²) in [5, 5.41) is 10.9. The summed E-state index contributed by atoms with van der Waals surface area (Å²) in [6, 6.07) is 1.25. The van der Waals surface area contributed by atoms with Gasteiger partial charge in [0.2, 0.25) is 0 Å². The smallest absolute Gasteiger partial charge is 0.296 e. The molecule has 0 bridgehead atoms. The topological polar surface area (TPSA) is 62.1 Å². The summed E-state index contributed by atoms with van der Waals surface area (Å²) in [6.45, 7) is 1.73. The van der Waals surface area contributed by atoms with E-state index < -0.39 is 11.9 Å². The van der Waals surface area contributed by atoms with E-state index in [-0.39, 0.29) is 6.61 Å². The van der Waals surface area contributed by atoms with Crippen LogP contribution in [0.4, 0.5) is 0 Å². The second-order valence-corrected chi connectivity index (χ2v) is 1.99. The maximum absolute atomic E-state index is 10.8. The van der Waals surface area contributed by atoms with E-state index >= 15 is 0 Å². The average molecular weight is 166 g/mol. The van der Waals surface area contributed by atoms with Crippen molar-refractivity contribution in [3.8, 4) is 17.9 Å². The van der Waals surface area contributed by atoms with E-state index in [2.05, 4.69) is 21.9 Å². The minimum atomic E-state index is -0.622. The largest absolute Gasteiger partial charge is 0.381 e. The first-order valence-corrected chi connectivity index (χ1v) is 3.36. The first-order chi connectivity index (χ1) is 5.74. The molecule has 0 aromatic carbocycles. The minimum Gasteiger partial charge on any atom is -0.381 e. The Morgan fingerprint density at radius 1 is 1.75 bits per heavy atom. The van der Waals surface area contributed by atoms with Crippen LogP contribution in [-0.4, -0.2) is 25.7 Å². The number of rotatable bonds is 3. The number of amides is 1. The lowest BCUT2D eigenvalue weighted by Crippen LogP contribution is -2.35. The molecule has 0 rings (SSSR count). The molecule has 0 saturated heterocycles. The molecule has 0 saturated carbocycles. The maximum Gasteiger partial charge on any atom is 0.296 e. The number of ether oxygens (including phenoxy) is 1. The fourth-order valence-electron chi connectivity index (χ4n) is 0.586. The third-order valence-electron chi connectivity index (χ3n) is 1.03. The molecule has 0 heterocycles. The van der Waals surface area contributed by atoms with Crippen LogP contribution in [0.15, 0.2) is 0 Å². The number of nitrogens with zero attached hydrogens (tertiary/aromatic N) is 1. The van der Waals surface area contributed by atoms with E-state index in [9.17, 15) is 4.79 Å². The summed E-state index contributed by atoms with van der Waals surface area (Å²) in [6.07, 6.45) is 0. The molecule has 0 aliphatic heterocycles. The molecule has 64 valence electrons. The van der Waals surface area contributed by atoms with Crippen molar-refractivity contribution >= 4 is 5.91 Å². The van der Waals surface area contributed by atoms with Crippen LogP contribution >= 0.6 is 0 Å². The molecule has 0 aliphatic carbocycles. The lowest BCUT2D eigenvalue weighted by molar-refractivity contribution is -0.116. The predicted octanol–water partition coefficient (Wildman–Crippen LogP) is -0.336. The second-order valence-electron chi connectivity index (χ2n) is 1.99. The Bertz CT molecular complexity index is 244. The highest BCUT2D eigenvalue weighted by Gasteiger charge is 2.07. The van der Waals surface area contributed by atoms with Crippen LogP contribution in [0, 0.1) is 23.2 Å². The van der Waals surface area contributed by atoms with Crippen LogP contribution in [0.2, 0.25) is 0 Å². The highest BCUT2D eigenvalue weighted by atomic mass is 16.5. The first kappa shape index (κ1) is 10.5. The molecular formula is C8H10N2O2. The summed E-state index contributed by atoms with van der Waals surface area (Å²) in [5.74, 6) is 4.23. The normalized spacial score (nSPS) is 10.4. The summed E-state index contributed by atoms with van der Waals surface area (Å²) >= 11 is 0. The third kappa shape index (κ3) is 4.32. The van der Waals surface area contributed by atoms with Gasteiger partial charge in [0.25, 0.3) is 5.91 Å². The number of nitrogens with one attached hydrogen (secondary N) is 1. The van der Waals surface area contributed by atoms with Crippen molar-refractivity contribution < 1.29 is 9.53 Å². The molecule has 1 atom stereocenters. The van der Waals surface area contributed by atoms with Crippen LogP contribution in [0.3, 0.4) is 0 Å². The van der Waals surface area contributed by atoms with E-state index in [0.29, 0.717) is 0 Å². The lowest BCUT2D eigenvalue weighted by atomic mass is 10.3. The molecule has 0 radical (unpaired) electrons. The first-order valence-electron chi connectivity index (χ1n) is 3.36. The van der Waals surface area contributed by atoms with Gasteiger partial charge in [-0.15, -0.1) is 0 Å². The number of carbonyl (C=O) groups excluding carboxylic acids is 1. The molecule has 0 aromatic rings. The number of nitriles is 1. The minimum absolute atomic E-state index is 0.174. The Hall–Kier alpha value is -1.52. The zero-order chi connectivity index (χ0) is 9.40. The van der Waals surface area contributed by atoms with E-state index in [1.165, 1.54) is 7.11 Å². The molecule has 0 aliphatic rings. The van der Waals surface area contributed by atoms with Gasteiger partial charge in [-0.05, 0) is 12.8 Å². The molecule has 1 amide bonds. The van der Waals surface area contributed by atoms with Crippen molar-refractivity contribution in [2.24, 2.45) is 0 Å². The van der Waals surface area contributed by atoms with Crippen molar-refractivity contribution in [2.75, 3.05) is 13.7 Å². The molecule has 4 nitrogen and oxygen atoms in total. The van der Waals surface area contributed by atoms with Crippen LogP contribution in [-0.2, 0) is 9.53 Å². The molecule has 4 heteroatoms. The third-order valence-corrected chi connectivity index (χ3v) is 1.03. The van der Waals surface area contributed by atoms with Gasteiger partial charge < -0.3 is 10.1 Å². The van der Waals surface area contributed by atoms with Gasteiger partial charge in [0.15, 0.2) is 0 Å². The quantitative estimate of drug-likeness (QED) is 0.584. The SMILES string of the molecule is CC#CC(=O)NC(C#N)COC. The number of hydrogen-bond acceptors (Lipinski definition) is 3. The van der Waals surface area contributed by atoms with Gasteiger partial charge in [-0.1, -0.05) is 5.92 Å². The Kier molecular flexibility index (Phi) is 5.42. The molecule has 1 N–H and O–H groups in total. The Balaban J connectivity index is 3.93. The number of methoxy groups -OCH3 is 1. The fourth-order valence-corrected chi connectivity index (χ4v) is 0.586. The van der Waals surface area contributed by atoms with E-state index in [1.807, 2.05) is 6.07 Å². The molecule has 1 unspecified atom stereocenters. The Morgan fingerprint density at radius 2 is 2.42 bits per heavy atom. The van der Waals surface area contributed by atoms with Crippen LogP contribution in [0.25, 0.3) is 0 Å². The zero-order valence-electron chi connectivity index (χ0n) is 7.05. The molecule has 0 fully saturated rings. The number of carbonyl (C=O) groups is 1. The summed E-state index contributed by atoms with van der Waals surface area (Å²) in [5.41, 5.74) is 0. The zero-order valence-corrected chi connectivity index (χ0v) is 7.05. The average Bonchev–Trinajstić information content (AvgIpc) is 2.04. The van der Waals surface area contributed by atoms with Crippen molar-refractivity contribution in [1.29, 1.82) is 5.26 Å². The van der Waals surface area contributed by atoms with Crippen molar-refractivity contribution in [3.05, 3.63) is 0 Å². The predicted molar refractivity (Wildman–Crippen MR) is 42.9 cm³/mol. The van der Waals surface area contributed by atoms with Gasteiger partial charge in [-0.2, -0.15) is 5.26 Å². The van der Waals surface area contributed by atoms with Crippen molar-refractivity contribution in [1.82, 2.24) is 5.32 Å². The van der Waals surface area contributed by atoms with Gasteiger partial charge in [-0.25, -0.2) is 0 Å². The maximum atomic E-state index is 10.8. The summed E-state index contributed by atoms with van der Waals surface area (Å²) in [7, 11) is 1.46. The highest BCUT2D eigenvalue weighted by Crippen LogP contribution is 1.81.